The first-order chi connectivity index (χ1) is 9.06. The molecule has 0 aliphatic rings. The van der Waals surface area contributed by atoms with Gasteiger partial charge in [-0.05, 0) is 34.3 Å². The Morgan fingerprint density at radius 3 is 2.68 bits per heavy atom. The zero-order valence-electron chi connectivity index (χ0n) is 9.33. The van der Waals surface area contributed by atoms with Crippen molar-refractivity contribution in [2.24, 2.45) is 0 Å². The van der Waals surface area contributed by atoms with Crippen LogP contribution in [0, 0.1) is 10.1 Å². The van der Waals surface area contributed by atoms with Crippen LogP contribution in [0.15, 0.2) is 34.3 Å². The standard InChI is InChI=1S/C9H7N5O4S/c15-8(16)5-13-9(10-11-12-13)19-7-3-1-6(2-4-7)14(17)18/h1-4H,5H2,(H,15,16). The number of carboxylic acids is 1. The van der Waals surface area contributed by atoms with E-state index in [2.05, 4.69) is 15.5 Å². The Morgan fingerprint density at radius 1 is 1.42 bits per heavy atom. The van der Waals surface area contributed by atoms with Gasteiger partial charge in [0, 0.05) is 17.0 Å². The van der Waals surface area contributed by atoms with Gasteiger partial charge in [0.2, 0.25) is 5.16 Å². The minimum Gasteiger partial charge on any atom is -0.480 e. The summed E-state index contributed by atoms with van der Waals surface area (Å²) in [5.74, 6) is -1.06. The highest BCUT2D eigenvalue weighted by Crippen LogP contribution is 2.26. The number of hydrogen-bond acceptors (Lipinski definition) is 7. The Labute approximate surface area is 110 Å². The molecule has 19 heavy (non-hydrogen) atoms. The number of carboxylic acid groups (broad SMARTS) is 1. The number of nitro benzene ring substituents is 1. The van der Waals surface area contributed by atoms with Gasteiger partial charge < -0.3 is 5.11 Å². The highest BCUT2D eigenvalue weighted by atomic mass is 32.2. The lowest BCUT2D eigenvalue weighted by molar-refractivity contribution is -0.384. The van der Waals surface area contributed by atoms with Crippen molar-refractivity contribution in [2.45, 2.75) is 16.6 Å². The van der Waals surface area contributed by atoms with Gasteiger partial charge in [-0.25, -0.2) is 4.68 Å². The van der Waals surface area contributed by atoms with Crippen molar-refractivity contribution in [1.82, 2.24) is 20.2 Å². The van der Waals surface area contributed by atoms with E-state index in [9.17, 15) is 14.9 Å². The predicted octanol–water partition coefficient (Wildman–Crippen LogP) is 0.817. The van der Waals surface area contributed by atoms with Gasteiger partial charge in [-0.2, -0.15) is 0 Å². The monoisotopic (exact) mass is 281 g/mol. The first-order valence-corrected chi connectivity index (χ1v) is 5.78. The molecule has 98 valence electrons. The maximum absolute atomic E-state index is 10.6. The van der Waals surface area contributed by atoms with Crippen LogP contribution in [0.1, 0.15) is 0 Å². The predicted molar refractivity (Wildman–Crippen MR) is 62.7 cm³/mol. The Bertz CT molecular complexity index is 611. The van der Waals surface area contributed by atoms with Gasteiger partial charge in [0.1, 0.15) is 6.54 Å². The normalized spacial score (nSPS) is 10.3. The lowest BCUT2D eigenvalue weighted by atomic mass is 10.3. The number of hydrogen-bond donors (Lipinski definition) is 1. The van der Waals surface area contributed by atoms with Gasteiger partial charge in [0.15, 0.2) is 0 Å². The smallest absolute Gasteiger partial charge is 0.325 e. The number of aromatic nitrogens is 4. The lowest BCUT2D eigenvalue weighted by Crippen LogP contribution is -2.11. The SMILES string of the molecule is O=C(O)Cn1nnnc1Sc1ccc([N+](=O)[O-])cc1. The van der Waals surface area contributed by atoms with E-state index in [1.807, 2.05) is 0 Å². The van der Waals surface area contributed by atoms with E-state index in [0.717, 1.165) is 16.4 Å². The second kappa shape index (κ2) is 5.44. The van der Waals surface area contributed by atoms with Gasteiger partial charge in [0.25, 0.3) is 5.69 Å². The molecule has 10 heteroatoms. The van der Waals surface area contributed by atoms with E-state index in [4.69, 9.17) is 5.11 Å². The zero-order valence-corrected chi connectivity index (χ0v) is 10.1. The van der Waals surface area contributed by atoms with E-state index in [0.29, 0.717) is 10.1 Å². The largest absolute Gasteiger partial charge is 0.480 e. The molecule has 0 saturated carbocycles. The molecule has 0 saturated heterocycles. The molecule has 1 aromatic heterocycles. The second-order valence-electron chi connectivity index (χ2n) is 3.37. The zero-order chi connectivity index (χ0) is 13.8. The molecule has 0 aliphatic carbocycles. The molecule has 0 radical (unpaired) electrons. The highest BCUT2D eigenvalue weighted by molar-refractivity contribution is 7.99. The maximum Gasteiger partial charge on any atom is 0.325 e. The van der Waals surface area contributed by atoms with Crippen molar-refractivity contribution in [3.05, 3.63) is 34.4 Å². The Hall–Kier alpha value is -2.49. The number of nitrogens with zero attached hydrogens (tertiary/aromatic N) is 5. The van der Waals surface area contributed by atoms with Gasteiger partial charge in [-0.15, -0.1) is 5.10 Å². The van der Waals surface area contributed by atoms with Crippen LogP contribution in [0.5, 0.6) is 0 Å². The maximum atomic E-state index is 10.6. The van der Waals surface area contributed by atoms with Gasteiger partial charge in [-0.3, -0.25) is 14.9 Å². The summed E-state index contributed by atoms with van der Waals surface area (Å²) in [5.41, 5.74) is -0.0190. The molecule has 0 unspecified atom stereocenters. The number of benzene rings is 1. The average molecular weight is 281 g/mol. The summed E-state index contributed by atoms with van der Waals surface area (Å²) in [6, 6.07) is 5.80. The minimum absolute atomic E-state index is 0.0190. The van der Waals surface area contributed by atoms with Crippen LogP contribution in [0.2, 0.25) is 0 Å². The van der Waals surface area contributed by atoms with Crippen LogP contribution in [-0.2, 0) is 11.3 Å². The first-order valence-electron chi connectivity index (χ1n) is 4.96. The van der Waals surface area contributed by atoms with E-state index in [-0.39, 0.29) is 12.2 Å². The molecule has 1 aromatic carbocycles. The summed E-state index contributed by atoms with van der Waals surface area (Å²) < 4.78 is 1.13. The average Bonchev–Trinajstić information content (AvgIpc) is 2.76. The van der Waals surface area contributed by atoms with Crippen LogP contribution in [-0.4, -0.2) is 36.2 Å². The topological polar surface area (TPSA) is 124 Å². The van der Waals surface area contributed by atoms with Crippen LogP contribution in [0.4, 0.5) is 5.69 Å². The van der Waals surface area contributed by atoms with Crippen molar-refractivity contribution in [2.75, 3.05) is 0 Å². The van der Waals surface area contributed by atoms with Gasteiger partial charge in [-0.1, -0.05) is 0 Å². The summed E-state index contributed by atoms with van der Waals surface area (Å²) in [7, 11) is 0. The van der Waals surface area contributed by atoms with E-state index in [1.165, 1.54) is 12.1 Å². The fourth-order valence-corrected chi connectivity index (χ4v) is 2.00. The van der Waals surface area contributed by atoms with Crippen LogP contribution in [0.3, 0.4) is 0 Å². The van der Waals surface area contributed by atoms with Crippen molar-refractivity contribution < 1.29 is 14.8 Å². The van der Waals surface area contributed by atoms with Crippen molar-refractivity contribution >= 4 is 23.4 Å². The Kier molecular flexibility index (Phi) is 3.71. The quantitative estimate of drug-likeness (QED) is 0.630. The van der Waals surface area contributed by atoms with E-state index < -0.39 is 10.9 Å². The fraction of sp³-hybridized carbons (Fsp3) is 0.111. The van der Waals surface area contributed by atoms with E-state index >= 15 is 0 Å². The van der Waals surface area contributed by atoms with Crippen LogP contribution in [0.25, 0.3) is 0 Å². The molecule has 0 aliphatic heterocycles. The Balaban J connectivity index is 2.15. The first kappa shape index (κ1) is 13.0. The van der Waals surface area contributed by atoms with Crippen molar-refractivity contribution in [3.63, 3.8) is 0 Å². The summed E-state index contributed by atoms with van der Waals surface area (Å²) in [4.78, 5) is 21.3. The van der Waals surface area contributed by atoms with Gasteiger partial charge >= 0.3 is 5.97 Å². The third kappa shape index (κ3) is 3.25. The molecule has 0 amide bonds. The number of tetrazole rings is 1. The molecule has 1 N–H and O–H groups in total. The minimum atomic E-state index is -1.06. The van der Waals surface area contributed by atoms with Crippen molar-refractivity contribution in [1.29, 1.82) is 0 Å². The third-order valence-electron chi connectivity index (χ3n) is 2.04. The molecular weight excluding hydrogens is 274 g/mol. The summed E-state index contributed by atoms with van der Waals surface area (Å²) in [5, 5.41) is 30.1. The molecule has 0 atom stereocenters. The lowest BCUT2D eigenvalue weighted by Gasteiger charge is -2.01. The summed E-state index contributed by atoms with van der Waals surface area (Å²) in [6.45, 7) is -0.345. The molecule has 0 spiro atoms. The molecular formula is C9H7N5O4S. The van der Waals surface area contributed by atoms with Crippen LogP contribution >= 0.6 is 11.8 Å². The number of rotatable bonds is 5. The third-order valence-corrected chi connectivity index (χ3v) is 3.02. The van der Waals surface area contributed by atoms with Gasteiger partial charge in [0.05, 0.1) is 4.92 Å². The number of aliphatic carboxylic acids is 1. The van der Waals surface area contributed by atoms with E-state index in [1.54, 1.807) is 12.1 Å². The van der Waals surface area contributed by atoms with Crippen LogP contribution < -0.4 is 0 Å². The molecule has 1 heterocycles. The fourth-order valence-electron chi connectivity index (χ4n) is 1.24. The highest BCUT2D eigenvalue weighted by Gasteiger charge is 2.12. The molecule has 2 rings (SSSR count). The summed E-state index contributed by atoms with van der Waals surface area (Å²) in [6.07, 6.45) is 0. The number of non-ortho nitro benzene ring substituents is 1. The summed E-state index contributed by atoms with van der Waals surface area (Å²) >= 11 is 1.12. The van der Waals surface area contributed by atoms with Crippen molar-refractivity contribution in [3.8, 4) is 0 Å². The Morgan fingerprint density at radius 2 is 2.11 bits per heavy atom. The molecule has 0 bridgehead atoms. The number of carbonyl (C=O) groups is 1. The molecule has 0 fully saturated rings. The second-order valence-corrected chi connectivity index (χ2v) is 4.41. The molecule has 2 aromatic rings. The number of nitro groups is 1. The molecule has 9 nitrogen and oxygen atoms in total.